The zero-order valence-corrected chi connectivity index (χ0v) is 26.3. The average molecular weight is 649 g/mol. The molecule has 0 saturated carbocycles. The van der Waals surface area contributed by atoms with Gasteiger partial charge in [-0.15, -0.1) is 0 Å². The number of ether oxygens (including phenoxy) is 10. The van der Waals surface area contributed by atoms with E-state index in [0.29, 0.717) is 0 Å². The molecule has 0 radical (unpaired) electrons. The van der Waals surface area contributed by atoms with Gasteiger partial charge < -0.3 is 47.4 Å². The topological polar surface area (TPSA) is 212 Å². The first-order chi connectivity index (χ1) is 21.0. The molecule has 45 heavy (non-hydrogen) atoms. The Morgan fingerprint density at radius 3 is 1.16 bits per heavy atom. The quantitative estimate of drug-likeness (QED) is 0.202. The van der Waals surface area contributed by atoms with Crippen LogP contribution in [0.3, 0.4) is 0 Å². The van der Waals surface area contributed by atoms with Crippen LogP contribution in [0.4, 0.5) is 0 Å². The van der Waals surface area contributed by atoms with Gasteiger partial charge in [-0.2, -0.15) is 0 Å². The van der Waals surface area contributed by atoms with Crippen molar-refractivity contribution in [2.75, 3.05) is 13.7 Å². The van der Waals surface area contributed by atoms with Crippen LogP contribution in [0.15, 0.2) is 0 Å². The summed E-state index contributed by atoms with van der Waals surface area (Å²) in [7, 11) is 1.26. The lowest BCUT2D eigenvalue weighted by molar-refractivity contribution is -0.301. The van der Waals surface area contributed by atoms with Crippen molar-refractivity contribution in [2.24, 2.45) is 0 Å². The van der Waals surface area contributed by atoms with Crippen LogP contribution < -0.4 is 0 Å². The summed E-state index contributed by atoms with van der Waals surface area (Å²) in [6, 6.07) is 0. The van der Waals surface area contributed by atoms with Crippen LogP contribution in [-0.4, -0.2) is 117 Å². The molecule has 2 rings (SSSR count). The summed E-state index contributed by atoms with van der Waals surface area (Å²) >= 11 is 0. The van der Waals surface area contributed by atoms with Gasteiger partial charge in [0.05, 0.1) is 6.10 Å². The second-order valence-corrected chi connectivity index (χ2v) is 10.3. The predicted molar refractivity (Wildman–Crippen MR) is 144 cm³/mol. The number of carbonyl (C=O) groups excluding carboxylic acids is 7. The first kappa shape index (κ1) is 37.4. The summed E-state index contributed by atoms with van der Waals surface area (Å²) in [5.41, 5.74) is 0. The highest BCUT2D eigenvalue weighted by Gasteiger charge is 2.54. The fourth-order valence-electron chi connectivity index (χ4n) is 5.16. The molecule has 0 aromatic rings. The monoisotopic (exact) mass is 648 g/mol. The van der Waals surface area contributed by atoms with Gasteiger partial charge in [0, 0.05) is 55.6 Å². The molecule has 0 N–H and O–H groups in total. The molecule has 2 fully saturated rings. The molecule has 0 aliphatic carbocycles. The number of hydrogen-bond acceptors (Lipinski definition) is 17. The second kappa shape index (κ2) is 17.0. The molecule has 0 aromatic carbocycles. The van der Waals surface area contributed by atoms with Crippen molar-refractivity contribution in [3.05, 3.63) is 0 Å². The minimum Gasteiger partial charge on any atom is -0.463 e. The Bertz CT molecular complexity index is 1100. The Hall–Kier alpha value is -3.83. The van der Waals surface area contributed by atoms with Crippen molar-refractivity contribution in [1.82, 2.24) is 0 Å². The van der Waals surface area contributed by atoms with Crippen LogP contribution in [0.5, 0.6) is 0 Å². The molecule has 17 nitrogen and oxygen atoms in total. The average Bonchev–Trinajstić information content (AvgIpc) is 2.90. The number of rotatable bonds is 12. The lowest BCUT2D eigenvalue weighted by Gasteiger charge is -2.46. The first-order valence-corrected chi connectivity index (χ1v) is 14.0. The second-order valence-electron chi connectivity index (χ2n) is 10.3. The van der Waals surface area contributed by atoms with Crippen LogP contribution >= 0.6 is 0 Å². The zero-order chi connectivity index (χ0) is 34.0. The lowest BCUT2D eigenvalue weighted by atomic mass is 9.89. The van der Waals surface area contributed by atoms with E-state index >= 15 is 0 Å². The van der Waals surface area contributed by atoms with Crippen molar-refractivity contribution >= 4 is 41.8 Å². The highest BCUT2D eigenvalue weighted by Crippen LogP contribution is 2.35. The summed E-state index contributed by atoms with van der Waals surface area (Å²) in [6.45, 7) is 7.38. The predicted octanol–water partition coefficient (Wildman–Crippen LogP) is 0.0586. The van der Waals surface area contributed by atoms with Gasteiger partial charge >= 0.3 is 41.8 Å². The highest BCUT2D eigenvalue weighted by atomic mass is 16.7. The summed E-state index contributed by atoms with van der Waals surface area (Å²) in [5, 5.41) is 0. The summed E-state index contributed by atoms with van der Waals surface area (Å²) in [5.74, 6) is -5.32. The standard InChI is InChI=1S/C28H40O17/c1-12(29)37-11-21-24(40-15(4)32)25(41-16(5)33)22(38-13(2)30)19(44-21)9-10-20-23(39-14(3)31)26(42-17(6)34)27(43-18(7)35)28(36-8)45-20/h19-28H,9-11H2,1-8H3/t19-,20+,21+,22-,23-,24-,25+,26-,27+,28-/m0/s1. The van der Waals surface area contributed by atoms with Gasteiger partial charge in [0.15, 0.2) is 42.9 Å². The van der Waals surface area contributed by atoms with E-state index in [0.717, 1.165) is 48.5 Å². The molecule has 10 atom stereocenters. The van der Waals surface area contributed by atoms with E-state index in [2.05, 4.69) is 0 Å². The summed E-state index contributed by atoms with van der Waals surface area (Å²) in [4.78, 5) is 83.9. The van der Waals surface area contributed by atoms with E-state index in [-0.39, 0.29) is 12.8 Å². The van der Waals surface area contributed by atoms with E-state index < -0.39 is 110 Å². The van der Waals surface area contributed by atoms with Gasteiger partial charge in [-0.25, -0.2) is 0 Å². The molecule has 0 unspecified atom stereocenters. The minimum atomic E-state index is -1.39. The number of methoxy groups -OCH3 is 1. The van der Waals surface area contributed by atoms with Crippen LogP contribution in [-0.2, 0) is 80.9 Å². The van der Waals surface area contributed by atoms with E-state index in [1.807, 2.05) is 0 Å². The molecule has 0 bridgehead atoms. The number of hydrogen-bond donors (Lipinski definition) is 0. The van der Waals surface area contributed by atoms with Gasteiger partial charge in [-0.1, -0.05) is 0 Å². The smallest absolute Gasteiger partial charge is 0.303 e. The molecule has 254 valence electrons. The number of esters is 7. The van der Waals surface area contributed by atoms with Gasteiger partial charge in [0.25, 0.3) is 0 Å². The van der Waals surface area contributed by atoms with E-state index in [4.69, 9.17) is 47.4 Å². The van der Waals surface area contributed by atoms with Crippen molar-refractivity contribution in [3.63, 3.8) is 0 Å². The highest BCUT2D eigenvalue weighted by molar-refractivity contribution is 5.69. The van der Waals surface area contributed by atoms with Gasteiger partial charge in [0.1, 0.15) is 18.8 Å². The van der Waals surface area contributed by atoms with Crippen molar-refractivity contribution < 1.29 is 80.9 Å². The maximum absolute atomic E-state index is 12.2. The molecule has 0 spiro atoms. The molecular formula is C28H40O17. The van der Waals surface area contributed by atoms with Crippen LogP contribution in [0.25, 0.3) is 0 Å². The molecule has 2 heterocycles. The normalized spacial score (nSPS) is 31.0. The molecule has 0 aromatic heterocycles. The third-order valence-electron chi connectivity index (χ3n) is 6.55. The molecule has 2 saturated heterocycles. The Morgan fingerprint density at radius 1 is 0.444 bits per heavy atom. The molecule has 2 aliphatic rings. The Kier molecular flexibility index (Phi) is 14.1. The van der Waals surface area contributed by atoms with E-state index in [9.17, 15) is 33.6 Å². The molecule has 17 heteroatoms. The maximum atomic E-state index is 12.2. The minimum absolute atomic E-state index is 0.0594. The SMILES string of the molecule is CO[C@H]1O[C@H](CC[C@@H]2O[C@H](COC(C)=O)[C@H](OC(C)=O)[C@H](OC(C)=O)[C@H]2OC(C)=O)[C@H](OC(C)=O)[C@H](OC(C)=O)[C@H]1OC(C)=O. The molecular weight excluding hydrogens is 608 g/mol. The van der Waals surface area contributed by atoms with Gasteiger partial charge in [0.2, 0.25) is 0 Å². The first-order valence-electron chi connectivity index (χ1n) is 14.0. The third kappa shape index (κ3) is 11.2. The Balaban J connectivity index is 2.51. The lowest BCUT2D eigenvalue weighted by Crippen LogP contribution is -2.63. The Morgan fingerprint density at radius 2 is 0.778 bits per heavy atom. The van der Waals surface area contributed by atoms with Crippen molar-refractivity contribution in [3.8, 4) is 0 Å². The zero-order valence-electron chi connectivity index (χ0n) is 26.3. The van der Waals surface area contributed by atoms with Crippen molar-refractivity contribution in [2.45, 2.75) is 123 Å². The summed E-state index contributed by atoms with van der Waals surface area (Å²) < 4.78 is 55.1. The number of carbonyl (C=O) groups is 7. The van der Waals surface area contributed by atoms with Crippen LogP contribution in [0.1, 0.15) is 61.3 Å². The molecule has 0 amide bonds. The Labute approximate surface area is 259 Å². The van der Waals surface area contributed by atoms with Crippen molar-refractivity contribution in [1.29, 1.82) is 0 Å². The fourth-order valence-corrected chi connectivity index (χ4v) is 5.16. The fraction of sp³-hybridized carbons (Fsp3) is 0.750. The third-order valence-corrected chi connectivity index (χ3v) is 6.55. The van der Waals surface area contributed by atoms with E-state index in [1.54, 1.807) is 0 Å². The molecule has 2 aliphatic heterocycles. The largest absolute Gasteiger partial charge is 0.463 e. The maximum Gasteiger partial charge on any atom is 0.303 e. The van der Waals surface area contributed by atoms with Crippen LogP contribution in [0.2, 0.25) is 0 Å². The van der Waals surface area contributed by atoms with E-state index in [1.165, 1.54) is 7.11 Å². The van der Waals surface area contributed by atoms with Crippen LogP contribution in [0, 0.1) is 0 Å². The van der Waals surface area contributed by atoms with Gasteiger partial charge in [-0.05, 0) is 12.8 Å². The summed E-state index contributed by atoms with van der Waals surface area (Å²) in [6.07, 6.45) is -12.8. The van der Waals surface area contributed by atoms with Gasteiger partial charge in [-0.3, -0.25) is 33.6 Å².